The SMILES string of the molecule is CNc1c(I)cc(/C=C2\C=C(c3ccc(OC)cc3)OC2=O)cc1I. The van der Waals surface area contributed by atoms with Gasteiger partial charge in [-0.05, 0) is 99.3 Å². The zero-order valence-electron chi connectivity index (χ0n) is 13.6. The van der Waals surface area contributed by atoms with E-state index >= 15 is 0 Å². The molecular weight excluding hydrogens is 544 g/mol. The fourth-order valence-electron chi connectivity index (χ4n) is 2.48. The molecule has 0 saturated heterocycles. The van der Waals surface area contributed by atoms with Gasteiger partial charge in [0.05, 0.1) is 18.4 Å². The largest absolute Gasteiger partial charge is 0.497 e. The third kappa shape index (κ3) is 4.00. The normalized spacial score (nSPS) is 15.1. The molecule has 128 valence electrons. The minimum absolute atomic E-state index is 0.339. The summed E-state index contributed by atoms with van der Waals surface area (Å²) >= 11 is 4.57. The van der Waals surface area contributed by atoms with Gasteiger partial charge in [0.25, 0.3) is 0 Å². The number of methoxy groups -OCH3 is 1. The van der Waals surface area contributed by atoms with Gasteiger partial charge in [-0.1, -0.05) is 0 Å². The second-order valence-corrected chi connectivity index (χ2v) is 7.66. The number of halogens is 2. The van der Waals surface area contributed by atoms with Crippen LogP contribution in [0, 0.1) is 7.14 Å². The molecule has 0 fully saturated rings. The number of hydrogen-bond acceptors (Lipinski definition) is 4. The summed E-state index contributed by atoms with van der Waals surface area (Å²) in [6.45, 7) is 0. The van der Waals surface area contributed by atoms with Crippen molar-refractivity contribution in [3.63, 3.8) is 0 Å². The Kier molecular flexibility index (Phi) is 5.67. The lowest BCUT2D eigenvalue weighted by molar-refractivity contribution is -0.130. The summed E-state index contributed by atoms with van der Waals surface area (Å²) in [4.78, 5) is 12.2. The van der Waals surface area contributed by atoms with Crippen LogP contribution in [0.2, 0.25) is 0 Å². The minimum atomic E-state index is -0.339. The Morgan fingerprint density at radius 3 is 2.32 bits per heavy atom. The number of ether oxygens (including phenoxy) is 2. The molecule has 0 aromatic heterocycles. The van der Waals surface area contributed by atoms with Crippen LogP contribution in [-0.2, 0) is 9.53 Å². The summed E-state index contributed by atoms with van der Waals surface area (Å²) in [7, 11) is 3.52. The molecule has 0 amide bonds. The van der Waals surface area contributed by atoms with Crippen LogP contribution in [0.15, 0.2) is 48.0 Å². The van der Waals surface area contributed by atoms with Crippen molar-refractivity contribution in [2.45, 2.75) is 0 Å². The average Bonchev–Trinajstić information content (AvgIpc) is 2.95. The molecule has 4 nitrogen and oxygen atoms in total. The van der Waals surface area contributed by atoms with E-state index in [2.05, 4.69) is 50.5 Å². The Balaban J connectivity index is 1.93. The standard InChI is InChI=1S/C19H15I2NO3/c1-22-18-15(20)8-11(9-16(18)21)7-13-10-17(25-19(13)23)12-3-5-14(24-2)6-4-12/h3-10,22H,1-2H3/b13-7+. The number of benzene rings is 2. The molecule has 1 heterocycles. The molecule has 0 atom stereocenters. The maximum atomic E-state index is 12.2. The van der Waals surface area contributed by atoms with Crippen molar-refractivity contribution < 1.29 is 14.3 Å². The van der Waals surface area contributed by atoms with Crippen LogP contribution in [0.4, 0.5) is 5.69 Å². The van der Waals surface area contributed by atoms with E-state index in [-0.39, 0.29) is 5.97 Å². The molecule has 0 bridgehead atoms. The van der Waals surface area contributed by atoms with Crippen LogP contribution in [0.1, 0.15) is 11.1 Å². The molecule has 0 spiro atoms. The monoisotopic (exact) mass is 559 g/mol. The lowest BCUT2D eigenvalue weighted by Crippen LogP contribution is -1.98. The predicted molar refractivity (Wildman–Crippen MR) is 116 cm³/mol. The van der Waals surface area contributed by atoms with Crippen molar-refractivity contribution >= 4 is 68.7 Å². The topological polar surface area (TPSA) is 47.6 Å². The van der Waals surface area contributed by atoms with Gasteiger partial charge in [-0.25, -0.2) is 4.79 Å². The molecule has 2 aromatic carbocycles. The Morgan fingerprint density at radius 1 is 1.12 bits per heavy atom. The molecule has 25 heavy (non-hydrogen) atoms. The first-order valence-electron chi connectivity index (χ1n) is 7.48. The summed E-state index contributed by atoms with van der Waals surface area (Å²) in [5.74, 6) is 0.974. The Bertz CT molecular complexity index is 863. The van der Waals surface area contributed by atoms with E-state index in [1.807, 2.05) is 49.5 Å². The van der Waals surface area contributed by atoms with Crippen molar-refractivity contribution in [2.24, 2.45) is 0 Å². The number of carbonyl (C=O) groups excluding carboxylic acids is 1. The summed E-state index contributed by atoms with van der Waals surface area (Å²) in [5, 5.41) is 3.18. The molecular formula is C19H15I2NO3. The molecule has 1 N–H and O–H groups in total. The van der Waals surface area contributed by atoms with E-state index < -0.39 is 0 Å². The van der Waals surface area contributed by atoms with E-state index in [0.29, 0.717) is 11.3 Å². The van der Waals surface area contributed by atoms with Crippen molar-refractivity contribution in [1.29, 1.82) is 0 Å². The molecule has 1 aliphatic rings. The van der Waals surface area contributed by atoms with Gasteiger partial charge in [0.1, 0.15) is 11.5 Å². The molecule has 1 aliphatic heterocycles. The fourth-order valence-corrected chi connectivity index (χ4v) is 4.84. The molecule has 3 rings (SSSR count). The lowest BCUT2D eigenvalue weighted by atomic mass is 10.1. The molecule has 6 heteroatoms. The lowest BCUT2D eigenvalue weighted by Gasteiger charge is -2.08. The Hall–Kier alpha value is -1.55. The number of carbonyl (C=O) groups is 1. The minimum Gasteiger partial charge on any atom is -0.497 e. The highest BCUT2D eigenvalue weighted by Crippen LogP contribution is 2.31. The first-order chi connectivity index (χ1) is 12.0. The highest BCUT2D eigenvalue weighted by molar-refractivity contribution is 14.1. The molecule has 0 radical (unpaired) electrons. The number of esters is 1. The van der Waals surface area contributed by atoms with Crippen LogP contribution in [-0.4, -0.2) is 20.1 Å². The Morgan fingerprint density at radius 2 is 1.76 bits per heavy atom. The van der Waals surface area contributed by atoms with E-state index in [1.54, 1.807) is 13.2 Å². The number of hydrogen-bond donors (Lipinski definition) is 1. The maximum absolute atomic E-state index is 12.2. The first kappa shape index (κ1) is 18.2. The van der Waals surface area contributed by atoms with Gasteiger partial charge in [0.2, 0.25) is 0 Å². The summed E-state index contributed by atoms with van der Waals surface area (Å²) in [5.41, 5.74) is 3.43. The first-order valence-corrected chi connectivity index (χ1v) is 9.64. The maximum Gasteiger partial charge on any atom is 0.343 e. The van der Waals surface area contributed by atoms with Gasteiger partial charge in [0, 0.05) is 19.8 Å². The van der Waals surface area contributed by atoms with Crippen LogP contribution in [0.5, 0.6) is 5.75 Å². The van der Waals surface area contributed by atoms with Crippen LogP contribution in [0.25, 0.3) is 11.8 Å². The summed E-state index contributed by atoms with van der Waals surface area (Å²) in [6.07, 6.45) is 3.62. The predicted octanol–water partition coefficient (Wildman–Crippen LogP) is 4.93. The highest BCUT2D eigenvalue weighted by Gasteiger charge is 2.22. The molecule has 0 unspecified atom stereocenters. The van der Waals surface area contributed by atoms with E-state index in [9.17, 15) is 4.79 Å². The van der Waals surface area contributed by atoms with Crippen molar-refractivity contribution in [2.75, 3.05) is 19.5 Å². The van der Waals surface area contributed by atoms with Crippen molar-refractivity contribution in [3.8, 4) is 5.75 Å². The summed E-state index contributed by atoms with van der Waals surface area (Å²) in [6, 6.07) is 11.5. The van der Waals surface area contributed by atoms with Gasteiger partial charge >= 0.3 is 5.97 Å². The number of anilines is 1. The summed E-state index contributed by atoms with van der Waals surface area (Å²) < 4.78 is 12.8. The highest BCUT2D eigenvalue weighted by atomic mass is 127. The molecule has 0 saturated carbocycles. The van der Waals surface area contributed by atoms with E-state index in [4.69, 9.17) is 9.47 Å². The van der Waals surface area contributed by atoms with Crippen molar-refractivity contribution in [1.82, 2.24) is 0 Å². The fraction of sp³-hybridized carbons (Fsp3) is 0.105. The smallest absolute Gasteiger partial charge is 0.343 e. The number of cyclic esters (lactones) is 1. The Labute approximate surface area is 173 Å². The molecule has 2 aromatic rings. The quantitative estimate of drug-likeness (QED) is 0.328. The van der Waals surface area contributed by atoms with Crippen LogP contribution in [0.3, 0.4) is 0 Å². The second-order valence-electron chi connectivity index (χ2n) is 5.34. The zero-order chi connectivity index (χ0) is 18.0. The number of rotatable bonds is 4. The van der Waals surface area contributed by atoms with Crippen LogP contribution >= 0.6 is 45.2 Å². The second kappa shape index (κ2) is 7.77. The van der Waals surface area contributed by atoms with Gasteiger partial charge in [-0.2, -0.15) is 0 Å². The van der Waals surface area contributed by atoms with E-state index in [1.165, 1.54) is 0 Å². The van der Waals surface area contributed by atoms with Crippen LogP contribution < -0.4 is 10.1 Å². The van der Waals surface area contributed by atoms with E-state index in [0.717, 1.165) is 29.7 Å². The molecule has 0 aliphatic carbocycles. The van der Waals surface area contributed by atoms with Gasteiger partial charge in [0.15, 0.2) is 0 Å². The third-order valence-corrected chi connectivity index (χ3v) is 5.44. The van der Waals surface area contributed by atoms with Gasteiger partial charge < -0.3 is 14.8 Å². The number of nitrogens with one attached hydrogen (secondary N) is 1. The average molecular weight is 559 g/mol. The zero-order valence-corrected chi connectivity index (χ0v) is 17.9. The van der Waals surface area contributed by atoms with Gasteiger partial charge in [-0.3, -0.25) is 0 Å². The van der Waals surface area contributed by atoms with Crippen molar-refractivity contribution in [3.05, 3.63) is 66.3 Å². The van der Waals surface area contributed by atoms with Gasteiger partial charge in [-0.15, -0.1) is 0 Å². The third-order valence-electron chi connectivity index (χ3n) is 3.74.